The van der Waals surface area contributed by atoms with Crippen molar-refractivity contribution in [1.82, 2.24) is 0 Å². The van der Waals surface area contributed by atoms with Gasteiger partial charge >= 0.3 is 0 Å². The maximum Gasteiger partial charge on any atom is 0.0704 e. The zero-order valence-corrected chi connectivity index (χ0v) is 5.99. The zero-order chi connectivity index (χ0) is 7.61. The summed E-state index contributed by atoms with van der Waals surface area (Å²) in [6.07, 6.45) is 2.52. The second-order valence-electron chi connectivity index (χ2n) is 2.97. The Hall–Kier alpha value is -0.730. The summed E-state index contributed by atoms with van der Waals surface area (Å²) in [5.41, 5.74) is 7.35. The van der Waals surface area contributed by atoms with Crippen molar-refractivity contribution in [2.24, 2.45) is 5.11 Å². The summed E-state index contributed by atoms with van der Waals surface area (Å²) in [6, 6.07) is -0.211. The lowest BCUT2D eigenvalue weighted by atomic mass is 10.0. The lowest BCUT2D eigenvalue weighted by molar-refractivity contribution is 0.0520. The molecule has 1 fully saturated rings. The standard InChI is InChI=1S/C6H11N3O/c1-6(10)4-2-3-5(6)8-9-7/h5,10H,2-4H2,1H3. The third-order valence-corrected chi connectivity index (χ3v) is 2.07. The van der Waals surface area contributed by atoms with Crippen molar-refractivity contribution < 1.29 is 5.11 Å². The van der Waals surface area contributed by atoms with Crippen LogP contribution in [0.25, 0.3) is 10.4 Å². The van der Waals surface area contributed by atoms with Crippen LogP contribution >= 0.6 is 0 Å². The molecule has 4 heteroatoms. The third kappa shape index (κ3) is 1.23. The zero-order valence-electron chi connectivity index (χ0n) is 5.99. The van der Waals surface area contributed by atoms with Gasteiger partial charge in [-0.05, 0) is 25.3 Å². The van der Waals surface area contributed by atoms with Gasteiger partial charge in [0.25, 0.3) is 0 Å². The molecule has 0 heterocycles. The molecule has 0 aromatic rings. The number of azide groups is 1. The van der Waals surface area contributed by atoms with Crippen molar-refractivity contribution in [2.75, 3.05) is 0 Å². The highest BCUT2D eigenvalue weighted by molar-refractivity contribution is 4.93. The lowest BCUT2D eigenvalue weighted by Crippen LogP contribution is -2.31. The molecule has 0 aromatic carbocycles. The molecule has 0 radical (unpaired) electrons. The van der Waals surface area contributed by atoms with Crippen LogP contribution in [0.1, 0.15) is 26.2 Å². The molecule has 0 saturated heterocycles. The van der Waals surface area contributed by atoms with Gasteiger partial charge in [0.15, 0.2) is 0 Å². The average Bonchev–Trinajstić information content (AvgIpc) is 2.13. The van der Waals surface area contributed by atoms with Crippen molar-refractivity contribution in [3.05, 3.63) is 10.4 Å². The van der Waals surface area contributed by atoms with Gasteiger partial charge in [0.05, 0.1) is 11.6 Å². The van der Waals surface area contributed by atoms with Gasteiger partial charge < -0.3 is 5.11 Å². The molecule has 1 aliphatic rings. The maximum absolute atomic E-state index is 9.52. The highest BCUT2D eigenvalue weighted by atomic mass is 16.3. The molecule has 56 valence electrons. The Balaban J connectivity index is 2.68. The van der Waals surface area contributed by atoms with E-state index in [1.165, 1.54) is 0 Å². The summed E-state index contributed by atoms with van der Waals surface area (Å²) in [5, 5.41) is 13.0. The summed E-state index contributed by atoms with van der Waals surface area (Å²) < 4.78 is 0. The number of hydrogen-bond acceptors (Lipinski definition) is 2. The van der Waals surface area contributed by atoms with E-state index in [2.05, 4.69) is 10.0 Å². The normalized spacial score (nSPS) is 39.2. The van der Waals surface area contributed by atoms with Crippen molar-refractivity contribution >= 4 is 0 Å². The first kappa shape index (κ1) is 7.38. The molecule has 0 aliphatic heterocycles. The highest BCUT2D eigenvalue weighted by Gasteiger charge is 2.35. The topological polar surface area (TPSA) is 69.0 Å². The van der Waals surface area contributed by atoms with E-state index in [9.17, 15) is 5.11 Å². The molecule has 1 N–H and O–H groups in total. The second-order valence-corrected chi connectivity index (χ2v) is 2.97. The Morgan fingerprint density at radius 3 is 2.90 bits per heavy atom. The molecule has 4 nitrogen and oxygen atoms in total. The molecule has 2 atom stereocenters. The summed E-state index contributed by atoms with van der Waals surface area (Å²) in [6.45, 7) is 1.72. The Morgan fingerprint density at radius 2 is 2.50 bits per heavy atom. The minimum absolute atomic E-state index is 0.211. The monoisotopic (exact) mass is 141 g/mol. The van der Waals surface area contributed by atoms with Crippen molar-refractivity contribution in [3.63, 3.8) is 0 Å². The van der Waals surface area contributed by atoms with E-state index >= 15 is 0 Å². The number of hydrogen-bond donors (Lipinski definition) is 1. The summed E-state index contributed by atoms with van der Waals surface area (Å²) in [5.74, 6) is 0. The van der Waals surface area contributed by atoms with E-state index in [0.717, 1.165) is 19.3 Å². The fourth-order valence-corrected chi connectivity index (χ4v) is 1.38. The van der Waals surface area contributed by atoms with Crippen LogP contribution in [0.2, 0.25) is 0 Å². The molecule has 0 amide bonds. The van der Waals surface area contributed by atoms with Crippen molar-refractivity contribution in [1.29, 1.82) is 0 Å². The van der Waals surface area contributed by atoms with E-state index in [4.69, 9.17) is 5.53 Å². The Morgan fingerprint density at radius 1 is 1.80 bits per heavy atom. The SMILES string of the molecule is CC1(O)CCCC1N=[N+]=[N-]. The van der Waals surface area contributed by atoms with Gasteiger partial charge in [-0.15, -0.1) is 0 Å². The van der Waals surface area contributed by atoms with Gasteiger partial charge in [0.2, 0.25) is 0 Å². The fraction of sp³-hybridized carbons (Fsp3) is 1.00. The maximum atomic E-state index is 9.52. The van der Waals surface area contributed by atoms with Crippen LogP contribution in [-0.2, 0) is 0 Å². The number of rotatable bonds is 1. The third-order valence-electron chi connectivity index (χ3n) is 2.07. The van der Waals surface area contributed by atoms with Crippen molar-refractivity contribution in [2.45, 2.75) is 37.8 Å². The quantitative estimate of drug-likeness (QED) is 0.336. The first-order valence-electron chi connectivity index (χ1n) is 3.43. The first-order chi connectivity index (χ1) is 4.67. The van der Waals surface area contributed by atoms with Gasteiger partial charge in [0, 0.05) is 4.91 Å². The molecule has 1 saturated carbocycles. The smallest absolute Gasteiger partial charge is 0.0704 e. The van der Waals surface area contributed by atoms with E-state index in [1.807, 2.05) is 0 Å². The van der Waals surface area contributed by atoms with Gasteiger partial charge in [-0.1, -0.05) is 11.5 Å². The first-order valence-corrected chi connectivity index (χ1v) is 3.43. The van der Waals surface area contributed by atoms with E-state index < -0.39 is 5.60 Å². The number of nitrogens with zero attached hydrogens (tertiary/aromatic N) is 3. The largest absolute Gasteiger partial charge is 0.390 e. The Bertz CT molecular complexity index is 172. The van der Waals surface area contributed by atoms with Crippen LogP contribution in [0.15, 0.2) is 5.11 Å². The van der Waals surface area contributed by atoms with E-state index in [0.29, 0.717) is 0 Å². The molecule has 1 rings (SSSR count). The minimum atomic E-state index is -0.758. The predicted molar refractivity (Wildman–Crippen MR) is 37.4 cm³/mol. The predicted octanol–water partition coefficient (Wildman–Crippen LogP) is 1.60. The van der Waals surface area contributed by atoms with Crippen LogP contribution in [0.5, 0.6) is 0 Å². The number of aliphatic hydroxyl groups is 1. The highest BCUT2D eigenvalue weighted by Crippen LogP contribution is 2.31. The van der Waals surface area contributed by atoms with E-state index in [-0.39, 0.29) is 6.04 Å². The van der Waals surface area contributed by atoms with Gasteiger partial charge in [0.1, 0.15) is 0 Å². The van der Waals surface area contributed by atoms with Crippen LogP contribution in [0.3, 0.4) is 0 Å². The molecular weight excluding hydrogens is 130 g/mol. The van der Waals surface area contributed by atoms with Crippen molar-refractivity contribution in [3.8, 4) is 0 Å². The van der Waals surface area contributed by atoms with Gasteiger partial charge in [-0.2, -0.15) is 0 Å². The molecule has 0 spiro atoms. The molecule has 0 aromatic heterocycles. The van der Waals surface area contributed by atoms with Crippen LogP contribution in [0.4, 0.5) is 0 Å². The second kappa shape index (κ2) is 2.48. The Labute approximate surface area is 59.5 Å². The molecule has 1 aliphatic carbocycles. The fourth-order valence-electron chi connectivity index (χ4n) is 1.38. The molecular formula is C6H11N3O. The van der Waals surface area contributed by atoms with E-state index in [1.54, 1.807) is 6.92 Å². The van der Waals surface area contributed by atoms with Gasteiger partial charge in [-0.25, -0.2) is 0 Å². The summed E-state index contributed by atoms with van der Waals surface area (Å²) in [7, 11) is 0. The minimum Gasteiger partial charge on any atom is -0.390 e. The molecule has 10 heavy (non-hydrogen) atoms. The van der Waals surface area contributed by atoms with Crippen LogP contribution in [0, 0.1) is 0 Å². The van der Waals surface area contributed by atoms with Gasteiger partial charge in [-0.3, -0.25) is 0 Å². The van der Waals surface area contributed by atoms with Crippen LogP contribution in [-0.4, -0.2) is 16.7 Å². The van der Waals surface area contributed by atoms with Crippen LogP contribution < -0.4 is 0 Å². The lowest BCUT2D eigenvalue weighted by Gasteiger charge is -2.20. The molecule has 0 bridgehead atoms. The average molecular weight is 141 g/mol. The summed E-state index contributed by atoms with van der Waals surface area (Å²) in [4.78, 5) is 2.68. The Kier molecular flexibility index (Phi) is 1.83. The molecule has 2 unspecified atom stereocenters. The summed E-state index contributed by atoms with van der Waals surface area (Å²) >= 11 is 0.